The average molecular weight is 299 g/mol. The summed E-state index contributed by atoms with van der Waals surface area (Å²) in [6.07, 6.45) is 4.24. The van der Waals surface area contributed by atoms with Crippen molar-refractivity contribution in [3.63, 3.8) is 0 Å². The second-order valence-electron chi connectivity index (χ2n) is 4.96. The SMILES string of the molecule is CCC1CCCCN1C(=O)c1ccc(SC(F)F)cc1. The molecule has 20 heavy (non-hydrogen) atoms. The Kier molecular flexibility index (Phi) is 5.40. The Morgan fingerprint density at radius 3 is 2.65 bits per heavy atom. The Labute approximate surface area is 122 Å². The van der Waals surface area contributed by atoms with E-state index in [1.54, 1.807) is 24.3 Å². The number of benzene rings is 1. The van der Waals surface area contributed by atoms with E-state index in [2.05, 4.69) is 6.92 Å². The third kappa shape index (κ3) is 3.72. The fourth-order valence-electron chi connectivity index (χ4n) is 2.64. The van der Waals surface area contributed by atoms with Crippen LogP contribution >= 0.6 is 11.8 Å². The number of likely N-dealkylation sites (tertiary alicyclic amines) is 1. The van der Waals surface area contributed by atoms with Crippen LogP contribution in [0.5, 0.6) is 0 Å². The monoisotopic (exact) mass is 299 g/mol. The van der Waals surface area contributed by atoms with Crippen LogP contribution in [-0.4, -0.2) is 29.2 Å². The minimum Gasteiger partial charge on any atom is -0.336 e. The van der Waals surface area contributed by atoms with Crippen molar-refractivity contribution in [2.75, 3.05) is 6.54 Å². The zero-order valence-electron chi connectivity index (χ0n) is 11.5. The van der Waals surface area contributed by atoms with Gasteiger partial charge in [0.15, 0.2) is 0 Å². The number of amides is 1. The van der Waals surface area contributed by atoms with E-state index in [-0.39, 0.29) is 5.91 Å². The molecule has 0 radical (unpaired) electrons. The molecule has 5 heteroatoms. The molecule has 1 saturated heterocycles. The van der Waals surface area contributed by atoms with Crippen LogP contribution in [0, 0.1) is 0 Å². The van der Waals surface area contributed by atoms with Gasteiger partial charge in [-0.2, -0.15) is 8.78 Å². The summed E-state index contributed by atoms with van der Waals surface area (Å²) in [5.74, 6) is -2.41. The van der Waals surface area contributed by atoms with E-state index < -0.39 is 5.76 Å². The van der Waals surface area contributed by atoms with Crippen LogP contribution in [0.15, 0.2) is 29.2 Å². The van der Waals surface area contributed by atoms with Gasteiger partial charge in [-0.05, 0) is 49.9 Å². The number of hydrogen-bond acceptors (Lipinski definition) is 2. The molecule has 110 valence electrons. The molecule has 0 spiro atoms. The van der Waals surface area contributed by atoms with Crippen LogP contribution < -0.4 is 0 Å². The van der Waals surface area contributed by atoms with E-state index in [1.165, 1.54) is 6.42 Å². The van der Waals surface area contributed by atoms with Crippen molar-refractivity contribution in [1.82, 2.24) is 4.90 Å². The fraction of sp³-hybridized carbons (Fsp3) is 0.533. The predicted molar refractivity (Wildman–Crippen MR) is 77.3 cm³/mol. The Balaban J connectivity index is 2.08. The third-order valence-electron chi connectivity index (χ3n) is 3.69. The van der Waals surface area contributed by atoms with E-state index in [4.69, 9.17) is 0 Å². The highest BCUT2D eigenvalue weighted by atomic mass is 32.2. The highest BCUT2D eigenvalue weighted by Crippen LogP contribution is 2.26. The molecule has 1 aliphatic rings. The molecule has 1 aromatic carbocycles. The smallest absolute Gasteiger partial charge is 0.288 e. The van der Waals surface area contributed by atoms with E-state index >= 15 is 0 Å². The number of alkyl halides is 2. The summed E-state index contributed by atoms with van der Waals surface area (Å²) in [4.78, 5) is 14.9. The lowest BCUT2D eigenvalue weighted by molar-refractivity contribution is 0.0608. The molecule has 0 aromatic heterocycles. The topological polar surface area (TPSA) is 20.3 Å². The Morgan fingerprint density at radius 2 is 2.05 bits per heavy atom. The summed E-state index contributed by atoms with van der Waals surface area (Å²) in [5.41, 5.74) is 0.587. The van der Waals surface area contributed by atoms with Gasteiger partial charge in [0.2, 0.25) is 0 Å². The Bertz CT molecular complexity index is 450. The molecule has 1 aliphatic heterocycles. The number of hydrogen-bond donors (Lipinski definition) is 0. The van der Waals surface area contributed by atoms with Gasteiger partial charge in [0, 0.05) is 23.0 Å². The van der Waals surface area contributed by atoms with Crippen LogP contribution in [0.3, 0.4) is 0 Å². The van der Waals surface area contributed by atoms with Crippen LogP contribution in [0.25, 0.3) is 0 Å². The second-order valence-corrected chi connectivity index (χ2v) is 6.02. The fourth-order valence-corrected chi connectivity index (χ4v) is 3.14. The lowest BCUT2D eigenvalue weighted by atomic mass is 9.99. The van der Waals surface area contributed by atoms with Crippen molar-refractivity contribution >= 4 is 17.7 Å². The molecule has 0 aliphatic carbocycles. The van der Waals surface area contributed by atoms with Gasteiger partial charge < -0.3 is 4.90 Å². The molecule has 0 bridgehead atoms. The van der Waals surface area contributed by atoms with E-state index in [0.717, 1.165) is 25.8 Å². The molecule has 1 unspecified atom stereocenters. The van der Waals surface area contributed by atoms with Crippen molar-refractivity contribution in [2.45, 2.75) is 49.3 Å². The molecule has 0 saturated carbocycles. The molecule has 1 aromatic rings. The summed E-state index contributed by atoms with van der Waals surface area (Å²) >= 11 is 0.501. The average Bonchev–Trinajstić information content (AvgIpc) is 2.46. The molecular weight excluding hydrogens is 280 g/mol. The minimum absolute atomic E-state index is 0.0187. The van der Waals surface area contributed by atoms with Gasteiger partial charge in [0.25, 0.3) is 11.7 Å². The number of nitrogens with zero attached hydrogens (tertiary/aromatic N) is 1. The van der Waals surface area contributed by atoms with Crippen molar-refractivity contribution in [2.24, 2.45) is 0 Å². The van der Waals surface area contributed by atoms with Gasteiger partial charge in [0.1, 0.15) is 0 Å². The van der Waals surface area contributed by atoms with Crippen LogP contribution in [-0.2, 0) is 0 Å². The third-order valence-corrected chi connectivity index (χ3v) is 4.41. The summed E-state index contributed by atoms with van der Waals surface area (Å²) in [7, 11) is 0. The largest absolute Gasteiger partial charge is 0.336 e. The standard InChI is InChI=1S/C15H19F2NOS/c1-2-12-5-3-4-10-18(12)14(19)11-6-8-13(9-7-11)20-15(16)17/h6-9,12,15H,2-5,10H2,1H3. The number of piperidine rings is 1. The normalized spacial score (nSPS) is 19.4. The van der Waals surface area contributed by atoms with Gasteiger partial charge in [-0.25, -0.2) is 0 Å². The van der Waals surface area contributed by atoms with Crippen molar-refractivity contribution in [1.29, 1.82) is 0 Å². The van der Waals surface area contributed by atoms with Crippen LogP contribution in [0.1, 0.15) is 43.0 Å². The molecule has 2 rings (SSSR count). The molecule has 0 N–H and O–H groups in total. The first-order valence-electron chi connectivity index (χ1n) is 6.97. The first kappa shape index (κ1) is 15.3. The van der Waals surface area contributed by atoms with Crippen molar-refractivity contribution in [3.8, 4) is 0 Å². The zero-order valence-corrected chi connectivity index (χ0v) is 12.3. The first-order chi connectivity index (χ1) is 9.61. The van der Waals surface area contributed by atoms with Crippen molar-refractivity contribution in [3.05, 3.63) is 29.8 Å². The minimum atomic E-state index is -2.43. The van der Waals surface area contributed by atoms with E-state index in [1.807, 2.05) is 4.90 Å². The maximum absolute atomic E-state index is 12.5. The van der Waals surface area contributed by atoms with Crippen LogP contribution in [0.4, 0.5) is 8.78 Å². The highest BCUT2D eigenvalue weighted by Gasteiger charge is 2.26. The van der Waals surface area contributed by atoms with Gasteiger partial charge >= 0.3 is 0 Å². The molecule has 1 fully saturated rings. The van der Waals surface area contributed by atoms with Crippen molar-refractivity contribution < 1.29 is 13.6 Å². The second kappa shape index (κ2) is 7.07. The Hall–Kier alpha value is -1.10. The molecule has 1 heterocycles. The number of halogens is 2. The summed E-state index contributed by atoms with van der Waals surface area (Å²) in [6.45, 7) is 2.89. The van der Waals surface area contributed by atoms with Gasteiger partial charge in [-0.3, -0.25) is 4.79 Å². The van der Waals surface area contributed by atoms with Crippen LogP contribution in [0.2, 0.25) is 0 Å². The molecular formula is C15H19F2NOS. The summed E-state index contributed by atoms with van der Waals surface area (Å²) in [5, 5.41) is 0. The van der Waals surface area contributed by atoms with Gasteiger partial charge in [-0.1, -0.05) is 18.7 Å². The molecule has 1 amide bonds. The summed E-state index contributed by atoms with van der Waals surface area (Å²) in [6, 6.07) is 6.79. The first-order valence-corrected chi connectivity index (χ1v) is 7.85. The zero-order chi connectivity index (χ0) is 14.5. The Morgan fingerprint density at radius 1 is 1.35 bits per heavy atom. The van der Waals surface area contributed by atoms with Gasteiger partial charge in [0.05, 0.1) is 0 Å². The number of carbonyl (C=O) groups is 1. The summed E-state index contributed by atoms with van der Waals surface area (Å²) < 4.78 is 24.5. The van der Waals surface area contributed by atoms with Gasteiger partial charge in [-0.15, -0.1) is 0 Å². The lowest BCUT2D eigenvalue weighted by Gasteiger charge is -2.35. The predicted octanol–water partition coefficient (Wildman–Crippen LogP) is 4.41. The van der Waals surface area contributed by atoms with E-state index in [9.17, 15) is 13.6 Å². The number of carbonyl (C=O) groups excluding carboxylic acids is 1. The number of rotatable bonds is 4. The lowest BCUT2D eigenvalue weighted by Crippen LogP contribution is -2.43. The molecule has 1 atom stereocenters. The molecule has 2 nitrogen and oxygen atoms in total. The quantitative estimate of drug-likeness (QED) is 0.768. The number of thioether (sulfide) groups is 1. The van der Waals surface area contributed by atoms with E-state index in [0.29, 0.717) is 28.3 Å². The maximum atomic E-state index is 12.5. The highest BCUT2D eigenvalue weighted by molar-refractivity contribution is 7.99. The maximum Gasteiger partial charge on any atom is 0.288 e.